The Morgan fingerprint density at radius 2 is 1.78 bits per heavy atom. The molecule has 0 unspecified atom stereocenters. The van der Waals surface area contributed by atoms with Crippen LogP contribution in [0.5, 0.6) is 0 Å². The van der Waals surface area contributed by atoms with E-state index in [0.717, 1.165) is 43.4 Å². The highest BCUT2D eigenvalue weighted by molar-refractivity contribution is 14.0. The lowest BCUT2D eigenvalue weighted by atomic mass is 10.2. The summed E-state index contributed by atoms with van der Waals surface area (Å²) in [5, 5.41) is 6.31. The van der Waals surface area contributed by atoms with E-state index >= 15 is 0 Å². The molecule has 0 spiro atoms. The smallest absolute Gasteiger partial charge is 0.291 e. The molecule has 3 aromatic rings. The van der Waals surface area contributed by atoms with Crippen LogP contribution in [0.2, 0.25) is 0 Å². The zero-order chi connectivity index (χ0) is 21.5. The number of piperazine rings is 1. The number of carbonyl (C=O) groups excluding carboxylic acids is 1. The van der Waals surface area contributed by atoms with Crippen molar-refractivity contribution in [1.82, 2.24) is 10.2 Å². The Hall–Kier alpha value is -3.01. The molecule has 7 nitrogen and oxygen atoms in total. The number of benzene rings is 2. The number of nitrogens with one attached hydrogen (secondary N) is 2. The van der Waals surface area contributed by atoms with E-state index in [9.17, 15) is 4.79 Å². The summed E-state index contributed by atoms with van der Waals surface area (Å²) in [4.78, 5) is 21.3. The van der Waals surface area contributed by atoms with E-state index in [0.29, 0.717) is 12.3 Å². The van der Waals surface area contributed by atoms with Gasteiger partial charge < -0.3 is 24.9 Å². The van der Waals surface area contributed by atoms with Gasteiger partial charge in [-0.1, -0.05) is 30.3 Å². The fourth-order valence-electron chi connectivity index (χ4n) is 3.69. The molecule has 1 fully saturated rings. The zero-order valence-electron chi connectivity index (χ0n) is 18.0. The highest BCUT2D eigenvalue weighted by atomic mass is 127. The highest BCUT2D eigenvalue weighted by Crippen LogP contribution is 2.16. The number of para-hydroxylation sites is 1. The van der Waals surface area contributed by atoms with E-state index in [1.807, 2.05) is 37.4 Å². The van der Waals surface area contributed by atoms with Crippen molar-refractivity contribution in [2.24, 2.45) is 4.99 Å². The topological polar surface area (TPSA) is 73.1 Å². The van der Waals surface area contributed by atoms with E-state index in [-0.39, 0.29) is 29.9 Å². The quantitative estimate of drug-likeness (QED) is 0.288. The normalized spacial score (nSPS) is 14.0. The van der Waals surface area contributed by atoms with Crippen LogP contribution in [0.3, 0.4) is 0 Å². The molecule has 1 saturated heterocycles. The summed E-state index contributed by atoms with van der Waals surface area (Å²) >= 11 is 0. The summed E-state index contributed by atoms with van der Waals surface area (Å²) in [7, 11) is 1.81. The summed E-state index contributed by atoms with van der Waals surface area (Å²) in [6.45, 7) is 4.36. The van der Waals surface area contributed by atoms with Gasteiger partial charge in [-0.3, -0.25) is 9.79 Å². The molecule has 4 rings (SSSR count). The van der Waals surface area contributed by atoms with Crippen LogP contribution in [-0.2, 0) is 6.54 Å². The van der Waals surface area contributed by atoms with Crippen molar-refractivity contribution in [2.45, 2.75) is 6.54 Å². The summed E-state index contributed by atoms with van der Waals surface area (Å²) in [6, 6.07) is 21.6. The van der Waals surface area contributed by atoms with Crippen molar-refractivity contribution in [2.75, 3.05) is 43.4 Å². The maximum atomic E-state index is 12.2. The van der Waals surface area contributed by atoms with Crippen molar-refractivity contribution in [3.05, 3.63) is 84.3 Å². The summed E-state index contributed by atoms with van der Waals surface area (Å²) < 4.78 is 5.15. The molecule has 0 radical (unpaired) electrons. The monoisotopic (exact) mass is 545 g/mol. The number of hydrogen-bond acceptors (Lipinski definition) is 4. The molecule has 1 aromatic heterocycles. The van der Waals surface area contributed by atoms with Gasteiger partial charge in [-0.15, -0.1) is 24.0 Å². The number of anilines is 2. The molecule has 0 aliphatic carbocycles. The Kier molecular flexibility index (Phi) is 8.55. The minimum Gasteiger partial charge on any atom is -0.459 e. The minimum absolute atomic E-state index is 0. The van der Waals surface area contributed by atoms with E-state index < -0.39 is 0 Å². The third-order valence-corrected chi connectivity index (χ3v) is 5.29. The maximum Gasteiger partial charge on any atom is 0.291 e. The fourth-order valence-corrected chi connectivity index (χ4v) is 3.69. The van der Waals surface area contributed by atoms with Gasteiger partial charge in [-0.2, -0.15) is 0 Å². The molecule has 32 heavy (non-hydrogen) atoms. The number of hydrogen-bond donors (Lipinski definition) is 2. The first-order chi connectivity index (χ1) is 15.2. The average Bonchev–Trinajstić information content (AvgIpc) is 3.36. The molecule has 1 amide bonds. The van der Waals surface area contributed by atoms with Crippen molar-refractivity contribution in [1.29, 1.82) is 0 Å². The predicted molar refractivity (Wildman–Crippen MR) is 139 cm³/mol. The third kappa shape index (κ3) is 6.03. The van der Waals surface area contributed by atoms with Gasteiger partial charge in [-0.25, -0.2) is 0 Å². The van der Waals surface area contributed by atoms with Gasteiger partial charge in [0.05, 0.1) is 6.26 Å². The molecular formula is C24H28IN5O2. The molecule has 168 valence electrons. The van der Waals surface area contributed by atoms with Gasteiger partial charge in [0.1, 0.15) is 0 Å². The van der Waals surface area contributed by atoms with Gasteiger partial charge in [0.2, 0.25) is 0 Å². The molecule has 8 heteroatoms. The van der Waals surface area contributed by atoms with Crippen LogP contribution in [0, 0.1) is 0 Å². The summed E-state index contributed by atoms with van der Waals surface area (Å²) in [6.07, 6.45) is 1.49. The lowest BCUT2D eigenvalue weighted by molar-refractivity contribution is 0.0996. The number of guanidine groups is 1. The molecule has 0 saturated carbocycles. The molecule has 2 heterocycles. The molecule has 0 atom stereocenters. The molecule has 1 aliphatic rings. The Morgan fingerprint density at radius 3 is 2.47 bits per heavy atom. The Morgan fingerprint density at radius 1 is 1.00 bits per heavy atom. The first-order valence-corrected chi connectivity index (χ1v) is 10.4. The largest absolute Gasteiger partial charge is 0.459 e. The number of nitrogens with zero attached hydrogens (tertiary/aromatic N) is 3. The molecule has 2 N–H and O–H groups in total. The first kappa shape index (κ1) is 23.6. The van der Waals surface area contributed by atoms with Crippen molar-refractivity contribution >= 4 is 47.2 Å². The van der Waals surface area contributed by atoms with Crippen LogP contribution in [0.4, 0.5) is 11.4 Å². The van der Waals surface area contributed by atoms with Crippen LogP contribution in [0.15, 0.2) is 82.4 Å². The van der Waals surface area contributed by atoms with Crippen molar-refractivity contribution in [3.63, 3.8) is 0 Å². The van der Waals surface area contributed by atoms with Gasteiger partial charge in [0.15, 0.2) is 11.7 Å². The standard InChI is InChI=1S/C24H27N5O2.HI/c1-25-24(29-14-12-28(13-15-29)21-9-3-2-4-10-21)26-18-19-7-5-8-20(17-19)27-23(30)22-11-6-16-31-22;/h2-11,16-17H,12-15,18H2,1H3,(H,25,26)(H,27,30);1H. The molecule has 1 aliphatic heterocycles. The Labute approximate surface area is 205 Å². The van der Waals surface area contributed by atoms with E-state index in [1.165, 1.54) is 12.0 Å². The van der Waals surface area contributed by atoms with E-state index in [1.54, 1.807) is 12.1 Å². The van der Waals surface area contributed by atoms with Gasteiger partial charge in [-0.05, 0) is 42.0 Å². The SMILES string of the molecule is CN=C(NCc1cccc(NC(=O)c2ccco2)c1)N1CCN(c2ccccc2)CC1.I. The fraction of sp³-hybridized carbons (Fsp3) is 0.250. The van der Waals surface area contributed by atoms with E-state index in [4.69, 9.17) is 4.42 Å². The third-order valence-electron chi connectivity index (χ3n) is 5.29. The number of furan rings is 1. The minimum atomic E-state index is -0.262. The van der Waals surface area contributed by atoms with Crippen LogP contribution in [-0.4, -0.2) is 50.0 Å². The molecule has 0 bridgehead atoms. The lowest BCUT2D eigenvalue weighted by Gasteiger charge is -2.37. The van der Waals surface area contributed by atoms with Crippen LogP contribution in [0.1, 0.15) is 16.1 Å². The summed E-state index contributed by atoms with van der Waals surface area (Å²) in [5.74, 6) is 0.915. The number of halogens is 1. The number of amides is 1. The van der Waals surface area contributed by atoms with Crippen molar-refractivity contribution < 1.29 is 9.21 Å². The first-order valence-electron chi connectivity index (χ1n) is 10.4. The molecule has 2 aromatic carbocycles. The molecular weight excluding hydrogens is 517 g/mol. The van der Waals surface area contributed by atoms with Gasteiger partial charge in [0, 0.05) is 51.1 Å². The van der Waals surface area contributed by atoms with Crippen LogP contribution < -0.4 is 15.5 Å². The second kappa shape index (κ2) is 11.6. The highest BCUT2D eigenvalue weighted by Gasteiger charge is 2.19. The van der Waals surface area contributed by atoms with Crippen LogP contribution >= 0.6 is 24.0 Å². The second-order valence-electron chi connectivity index (χ2n) is 7.34. The second-order valence-corrected chi connectivity index (χ2v) is 7.34. The van der Waals surface area contributed by atoms with E-state index in [2.05, 4.69) is 49.7 Å². The average molecular weight is 545 g/mol. The summed E-state index contributed by atoms with van der Waals surface area (Å²) in [5.41, 5.74) is 3.05. The number of aliphatic imine (C=N–C) groups is 1. The van der Waals surface area contributed by atoms with Crippen molar-refractivity contribution in [3.8, 4) is 0 Å². The Bertz CT molecular complexity index is 1020. The predicted octanol–water partition coefficient (Wildman–Crippen LogP) is 4.05. The lowest BCUT2D eigenvalue weighted by Crippen LogP contribution is -2.52. The Balaban J connectivity index is 0.00000289. The number of carbonyl (C=O) groups is 1. The maximum absolute atomic E-state index is 12.2. The van der Waals surface area contributed by atoms with Gasteiger partial charge >= 0.3 is 0 Å². The number of rotatable bonds is 5. The zero-order valence-corrected chi connectivity index (χ0v) is 20.4. The van der Waals surface area contributed by atoms with Crippen LogP contribution in [0.25, 0.3) is 0 Å². The van der Waals surface area contributed by atoms with Gasteiger partial charge in [0.25, 0.3) is 5.91 Å².